The van der Waals surface area contributed by atoms with Gasteiger partial charge in [-0.2, -0.15) is 0 Å². The molecule has 2 atom stereocenters. The molecule has 0 aliphatic heterocycles. The van der Waals surface area contributed by atoms with Crippen LogP contribution in [-0.4, -0.2) is 16.4 Å². The molecular formula is C12H17ClN2. The molecule has 0 amide bonds. The van der Waals surface area contributed by atoms with Gasteiger partial charge in [-0.1, -0.05) is 18.9 Å². The number of alkyl halides is 1. The monoisotopic (exact) mass is 224 g/mol. The van der Waals surface area contributed by atoms with Gasteiger partial charge in [0.15, 0.2) is 0 Å². The van der Waals surface area contributed by atoms with Crippen LogP contribution < -0.4 is 5.32 Å². The van der Waals surface area contributed by atoms with E-state index in [1.807, 2.05) is 25.1 Å². The number of aryl methyl sites for hydroxylation is 1. The molecular weight excluding hydrogens is 208 g/mol. The van der Waals surface area contributed by atoms with E-state index in [4.69, 9.17) is 11.6 Å². The molecule has 1 N–H and O–H groups in total. The second-order valence-electron chi connectivity index (χ2n) is 4.22. The number of halogens is 1. The van der Waals surface area contributed by atoms with Gasteiger partial charge < -0.3 is 5.32 Å². The standard InChI is InChI=1S/C12H17ClN2/c1-9-5-4-8-12(14-9)15-11-7-3-2-6-10(11)13/h4-5,8,10-11H,2-3,6-7H2,1H3,(H,14,15). The lowest BCUT2D eigenvalue weighted by molar-refractivity contribution is 0.468. The van der Waals surface area contributed by atoms with Crippen LogP contribution in [0.4, 0.5) is 5.82 Å². The minimum absolute atomic E-state index is 0.251. The van der Waals surface area contributed by atoms with Crippen molar-refractivity contribution in [3.05, 3.63) is 23.9 Å². The first-order valence-electron chi connectivity index (χ1n) is 5.60. The maximum Gasteiger partial charge on any atom is 0.126 e. The van der Waals surface area contributed by atoms with Crippen LogP contribution in [0.1, 0.15) is 31.4 Å². The molecule has 0 radical (unpaired) electrons. The normalized spacial score (nSPS) is 26.3. The Morgan fingerprint density at radius 3 is 2.87 bits per heavy atom. The molecule has 1 aliphatic carbocycles. The molecule has 3 heteroatoms. The Morgan fingerprint density at radius 2 is 2.13 bits per heavy atom. The maximum atomic E-state index is 6.28. The van der Waals surface area contributed by atoms with Crippen molar-refractivity contribution in [3.63, 3.8) is 0 Å². The Bertz CT molecular complexity index is 327. The Hall–Kier alpha value is -0.760. The van der Waals surface area contributed by atoms with Crippen molar-refractivity contribution >= 4 is 17.4 Å². The van der Waals surface area contributed by atoms with Gasteiger partial charge in [0.05, 0.1) is 5.38 Å². The van der Waals surface area contributed by atoms with E-state index in [0.29, 0.717) is 6.04 Å². The molecule has 2 unspecified atom stereocenters. The van der Waals surface area contributed by atoms with E-state index in [9.17, 15) is 0 Å². The molecule has 0 bridgehead atoms. The number of nitrogens with zero attached hydrogens (tertiary/aromatic N) is 1. The lowest BCUT2D eigenvalue weighted by atomic mass is 9.95. The summed E-state index contributed by atoms with van der Waals surface area (Å²) in [5, 5.41) is 3.68. The molecule has 2 rings (SSSR count). The van der Waals surface area contributed by atoms with Gasteiger partial charge in [0.25, 0.3) is 0 Å². The van der Waals surface area contributed by atoms with E-state index in [1.165, 1.54) is 12.8 Å². The lowest BCUT2D eigenvalue weighted by Gasteiger charge is -2.28. The smallest absolute Gasteiger partial charge is 0.126 e. The predicted molar refractivity (Wildman–Crippen MR) is 64.5 cm³/mol. The van der Waals surface area contributed by atoms with Gasteiger partial charge in [-0.15, -0.1) is 11.6 Å². The zero-order valence-corrected chi connectivity index (χ0v) is 9.80. The van der Waals surface area contributed by atoms with E-state index in [2.05, 4.69) is 10.3 Å². The number of anilines is 1. The van der Waals surface area contributed by atoms with Gasteiger partial charge in [0.2, 0.25) is 0 Å². The third-order valence-electron chi connectivity index (χ3n) is 2.90. The fraction of sp³-hybridized carbons (Fsp3) is 0.583. The third kappa shape index (κ3) is 2.85. The Labute approximate surface area is 96.1 Å². The summed E-state index contributed by atoms with van der Waals surface area (Å²) >= 11 is 6.28. The Morgan fingerprint density at radius 1 is 1.33 bits per heavy atom. The first kappa shape index (κ1) is 10.7. The van der Waals surface area contributed by atoms with Crippen molar-refractivity contribution < 1.29 is 0 Å². The van der Waals surface area contributed by atoms with Crippen molar-refractivity contribution in [1.82, 2.24) is 4.98 Å². The second-order valence-corrected chi connectivity index (χ2v) is 4.78. The average molecular weight is 225 g/mol. The summed E-state index contributed by atoms with van der Waals surface area (Å²) in [6.07, 6.45) is 4.80. The first-order valence-corrected chi connectivity index (χ1v) is 6.03. The molecule has 0 saturated heterocycles. The quantitative estimate of drug-likeness (QED) is 0.780. The van der Waals surface area contributed by atoms with Crippen LogP contribution in [0.15, 0.2) is 18.2 Å². The van der Waals surface area contributed by atoms with E-state index in [1.54, 1.807) is 0 Å². The highest BCUT2D eigenvalue weighted by Gasteiger charge is 2.22. The minimum Gasteiger partial charge on any atom is -0.366 e. The number of hydrogen-bond donors (Lipinski definition) is 1. The SMILES string of the molecule is Cc1cccc(NC2CCCCC2Cl)n1. The van der Waals surface area contributed by atoms with Crippen LogP contribution in [0, 0.1) is 6.92 Å². The fourth-order valence-electron chi connectivity index (χ4n) is 2.06. The van der Waals surface area contributed by atoms with Gasteiger partial charge in [-0.05, 0) is 31.9 Å². The van der Waals surface area contributed by atoms with Crippen LogP contribution in [0.2, 0.25) is 0 Å². The van der Waals surface area contributed by atoms with Crippen molar-refractivity contribution in [2.24, 2.45) is 0 Å². The van der Waals surface area contributed by atoms with Crippen LogP contribution in [0.25, 0.3) is 0 Å². The zero-order chi connectivity index (χ0) is 10.7. The largest absolute Gasteiger partial charge is 0.366 e. The van der Waals surface area contributed by atoms with Crippen molar-refractivity contribution in [3.8, 4) is 0 Å². The third-order valence-corrected chi connectivity index (χ3v) is 3.43. The topological polar surface area (TPSA) is 24.9 Å². The number of nitrogens with one attached hydrogen (secondary N) is 1. The van der Waals surface area contributed by atoms with Gasteiger partial charge in [-0.3, -0.25) is 0 Å². The molecule has 1 saturated carbocycles. The molecule has 1 fully saturated rings. The second kappa shape index (κ2) is 4.84. The summed E-state index contributed by atoms with van der Waals surface area (Å²) in [4.78, 5) is 4.43. The van der Waals surface area contributed by atoms with E-state index < -0.39 is 0 Å². The number of pyridine rings is 1. The average Bonchev–Trinajstić information content (AvgIpc) is 2.22. The molecule has 1 aromatic heterocycles. The minimum atomic E-state index is 0.251. The van der Waals surface area contributed by atoms with Gasteiger partial charge >= 0.3 is 0 Å². The van der Waals surface area contributed by atoms with Gasteiger partial charge in [0.1, 0.15) is 5.82 Å². The summed E-state index contributed by atoms with van der Waals surface area (Å²) in [6.45, 7) is 2.00. The maximum absolute atomic E-state index is 6.28. The van der Waals surface area contributed by atoms with Crippen LogP contribution >= 0.6 is 11.6 Å². The molecule has 1 aliphatic rings. The van der Waals surface area contributed by atoms with Crippen molar-refractivity contribution in [2.75, 3.05) is 5.32 Å². The fourth-order valence-corrected chi connectivity index (χ4v) is 2.40. The number of aromatic nitrogens is 1. The van der Waals surface area contributed by atoms with Crippen LogP contribution in [-0.2, 0) is 0 Å². The van der Waals surface area contributed by atoms with Gasteiger partial charge in [0, 0.05) is 11.7 Å². The molecule has 15 heavy (non-hydrogen) atoms. The summed E-state index contributed by atoms with van der Waals surface area (Å²) in [5.41, 5.74) is 1.04. The molecule has 1 aromatic rings. The van der Waals surface area contributed by atoms with E-state index in [0.717, 1.165) is 24.4 Å². The van der Waals surface area contributed by atoms with E-state index in [-0.39, 0.29) is 5.38 Å². The number of hydrogen-bond acceptors (Lipinski definition) is 2. The molecule has 1 heterocycles. The van der Waals surface area contributed by atoms with Crippen molar-refractivity contribution in [2.45, 2.75) is 44.0 Å². The van der Waals surface area contributed by atoms with Gasteiger partial charge in [-0.25, -0.2) is 4.98 Å². The summed E-state index contributed by atoms with van der Waals surface area (Å²) < 4.78 is 0. The molecule has 2 nitrogen and oxygen atoms in total. The Kier molecular flexibility index (Phi) is 3.47. The highest BCUT2D eigenvalue weighted by Crippen LogP contribution is 2.25. The number of rotatable bonds is 2. The predicted octanol–water partition coefficient (Wildman–Crippen LogP) is 3.35. The highest BCUT2D eigenvalue weighted by molar-refractivity contribution is 6.21. The zero-order valence-electron chi connectivity index (χ0n) is 9.04. The first-order chi connectivity index (χ1) is 7.25. The van der Waals surface area contributed by atoms with E-state index >= 15 is 0 Å². The molecule has 0 aromatic carbocycles. The Balaban J connectivity index is 2.01. The molecule has 0 spiro atoms. The summed E-state index contributed by atoms with van der Waals surface area (Å²) in [5.74, 6) is 0.951. The lowest BCUT2D eigenvalue weighted by Crippen LogP contribution is -2.33. The summed E-state index contributed by atoms with van der Waals surface area (Å²) in [7, 11) is 0. The van der Waals surface area contributed by atoms with Crippen LogP contribution in [0.3, 0.4) is 0 Å². The molecule has 82 valence electrons. The summed E-state index contributed by atoms with van der Waals surface area (Å²) in [6, 6.07) is 6.42. The van der Waals surface area contributed by atoms with Crippen molar-refractivity contribution in [1.29, 1.82) is 0 Å². The highest BCUT2D eigenvalue weighted by atomic mass is 35.5. The van der Waals surface area contributed by atoms with Crippen LogP contribution in [0.5, 0.6) is 0 Å².